The van der Waals surface area contributed by atoms with Crippen LogP contribution in [-0.2, 0) is 13.6 Å². The first-order chi connectivity index (χ1) is 7.91. The minimum Gasteiger partial charge on any atom is -0.325 e. The van der Waals surface area contributed by atoms with E-state index < -0.39 is 0 Å². The monoisotopic (exact) mass is 254 g/mol. The third-order valence-corrected chi connectivity index (χ3v) is 2.77. The number of nitrogens with zero attached hydrogens (tertiary/aromatic N) is 2. The summed E-state index contributed by atoms with van der Waals surface area (Å²) in [5, 5.41) is 0. The van der Waals surface area contributed by atoms with E-state index in [2.05, 4.69) is 9.97 Å². The Bertz CT molecular complexity index is 731. The van der Waals surface area contributed by atoms with Crippen molar-refractivity contribution >= 4 is 23.4 Å². The van der Waals surface area contributed by atoms with Gasteiger partial charge < -0.3 is 9.97 Å². The minimum absolute atomic E-state index is 0.297. The van der Waals surface area contributed by atoms with Crippen molar-refractivity contribution in [2.45, 2.75) is 20.4 Å². The van der Waals surface area contributed by atoms with Gasteiger partial charge in [0, 0.05) is 13.6 Å². The normalized spacial score (nSPS) is 11.5. The fourth-order valence-electron chi connectivity index (χ4n) is 1.80. The Hall–Kier alpha value is -1.63. The lowest BCUT2D eigenvalue weighted by molar-refractivity contribution is 0.500. The van der Waals surface area contributed by atoms with Gasteiger partial charge in [-0.05, 0) is 18.1 Å². The molecule has 2 heterocycles. The van der Waals surface area contributed by atoms with Crippen molar-refractivity contribution in [2.24, 2.45) is 13.0 Å². The molecule has 17 heavy (non-hydrogen) atoms. The summed E-state index contributed by atoms with van der Waals surface area (Å²) < 4.78 is 2.97. The molecule has 0 radical (unpaired) electrons. The van der Waals surface area contributed by atoms with Crippen LogP contribution in [0.2, 0.25) is 0 Å². The molecule has 0 aromatic carbocycles. The molecule has 0 fully saturated rings. The van der Waals surface area contributed by atoms with Crippen LogP contribution in [0.4, 0.5) is 0 Å². The van der Waals surface area contributed by atoms with Crippen molar-refractivity contribution in [3.63, 3.8) is 0 Å². The molecule has 92 valence electrons. The van der Waals surface area contributed by atoms with Crippen LogP contribution in [-0.4, -0.2) is 19.1 Å². The number of H-pyrrole nitrogens is 2. The van der Waals surface area contributed by atoms with Gasteiger partial charge in [-0.2, -0.15) is 0 Å². The van der Waals surface area contributed by atoms with E-state index in [0.29, 0.717) is 28.4 Å². The first kappa shape index (κ1) is 11.8. The van der Waals surface area contributed by atoms with Crippen molar-refractivity contribution < 1.29 is 0 Å². The molecule has 0 spiro atoms. The molecule has 0 saturated carbocycles. The molecule has 0 unspecified atom stereocenters. The average Bonchev–Trinajstić information content (AvgIpc) is 2.63. The number of hydrogen-bond acceptors (Lipinski definition) is 3. The maximum atomic E-state index is 12.0. The van der Waals surface area contributed by atoms with Gasteiger partial charge in [-0.1, -0.05) is 13.8 Å². The molecule has 0 aliphatic heterocycles. The van der Waals surface area contributed by atoms with Gasteiger partial charge in [0.1, 0.15) is 11.2 Å². The Kier molecular flexibility index (Phi) is 2.78. The molecule has 2 aromatic rings. The van der Waals surface area contributed by atoms with E-state index in [1.165, 1.54) is 11.6 Å². The van der Waals surface area contributed by atoms with Crippen molar-refractivity contribution in [1.82, 2.24) is 19.1 Å². The van der Waals surface area contributed by atoms with Crippen LogP contribution < -0.4 is 11.2 Å². The van der Waals surface area contributed by atoms with Crippen LogP contribution >= 0.6 is 12.2 Å². The van der Waals surface area contributed by atoms with Crippen LogP contribution in [0.5, 0.6) is 0 Å². The lowest BCUT2D eigenvalue weighted by atomic mass is 10.2. The minimum atomic E-state index is -0.364. The Morgan fingerprint density at radius 2 is 1.94 bits per heavy atom. The van der Waals surface area contributed by atoms with Gasteiger partial charge in [0.25, 0.3) is 5.56 Å². The summed E-state index contributed by atoms with van der Waals surface area (Å²) in [5.41, 5.74) is 0.119. The molecule has 0 aliphatic rings. The summed E-state index contributed by atoms with van der Waals surface area (Å²) in [5.74, 6) is 0.297. The van der Waals surface area contributed by atoms with Crippen LogP contribution in [0, 0.1) is 10.7 Å². The van der Waals surface area contributed by atoms with Crippen molar-refractivity contribution in [3.05, 3.63) is 25.6 Å². The van der Waals surface area contributed by atoms with Gasteiger partial charge in [-0.15, -0.1) is 0 Å². The van der Waals surface area contributed by atoms with Crippen LogP contribution in [0.15, 0.2) is 9.59 Å². The molecule has 2 aromatic heterocycles. The number of aromatic nitrogens is 4. The predicted octanol–water partition coefficient (Wildman–Crippen LogP) is 0.742. The summed E-state index contributed by atoms with van der Waals surface area (Å²) in [4.78, 5) is 29.5. The van der Waals surface area contributed by atoms with E-state index in [1.807, 2.05) is 13.8 Å². The summed E-state index contributed by atoms with van der Waals surface area (Å²) in [6.07, 6.45) is 0. The number of rotatable bonds is 2. The maximum Gasteiger partial charge on any atom is 0.332 e. The van der Waals surface area contributed by atoms with Gasteiger partial charge >= 0.3 is 5.69 Å². The Labute approximate surface area is 102 Å². The fraction of sp³-hybridized carbons (Fsp3) is 0.500. The molecule has 0 saturated heterocycles. The summed E-state index contributed by atoms with van der Waals surface area (Å²) in [7, 11) is 1.46. The zero-order valence-electron chi connectivity index (χ0n) is 9.90. The second kappa shape index (κ2) is 3.99. The molecule has 2 rings (SSSR count). The van der Waals surface area contributed by atoms with E-state index in [4.69, 9.17) is 12.2 Å². The third kappa shape index (κ3) is 1.86. The smallest absolute Gasteiger partial charge is 0.325 e. The highest BCUT2D eigenvalue weighted by Gasteiger charge is 2.13. The summed E-state index contributed by atoms with van der Waals surface area (Å²) >= 11 is 4.96. The van der Waals surface area contributed by atoms with E-state index >= 15 is 0 Å². The molecule has 0 amide bonds. The van der Waals surface area contributed by atoms with Gasteiger partial charge in [0.2, 0.25) is 0 Å². The first-order valence-corrected chi connectivity index (χ1v) is 5.74. The third-order valence-electron chi connectivity index (χ3n) is 2.56. The Morgan fingerprint density at radius 3 is 2.53 bits per heavy atom. The number of imidazole rings is 1. The maximum absolute atomic E-state index is 12.0. The quantitative estimate of drug-likeness (QED) is 0.776. The zero-order chi connectivity index (χ0) is 12.7. The van der Waals surface area contributed by atoms with E-state index in [1.54, 1.807) is 0 Å². The molecule has 0 atom stereocenters. The number of hydrogen-bond donors (Lipinski definition) is 2. The molecule has 2 N–H and O–H groups in total. The van der Waals surface area contributed by atoms with E-state index in [-0.39, 0.29) is 11.2 Å². The molecule has 6 nitrogen and oxygen atoms in total. The van der Waals surface area contributed by atoms with Gasteiger partial charge in [0.15, 0.2) is 4.77 Å². The second-order valence-corrected chi connectivity index (χ2v) is 4.86. The average molecular weight is 254 g/mol. The second-order valence-electron chi connectivity index (χ2n) is 4.45. The molecular formula is C10H14N4O2S. The summed E-state index contributed by atoms with van der Waals surface area (Å²) in [6.45, 7) is 4.54. The van der Waals surface area contributed by atoms with Gasteiger partial charge in [-0.3, -0.25) is 13.9 Å². The molecule has 7 heteroatoms. The first-order valence-electron chi connectivity index (χ1n) is 5.33. The van der Waals surface area contributed by atoms with Gasteiger partial charge in [-0.25, -0.2) is 4.79 Å². The highest BCUT2D eigenvalue weighted by atomic mass is 32.1. The predicted molar refractivity (Wildman–Crippen MR) is 67.8 cm³/mol. The van der Waals surface area contributed by atoms with Gasteiger partial charge in [0.05, 0.1) is 0 Å². The van der Waals surface area contributed by atoms with Crippen LogP contribution in [0.3, 0.4) is 0 Å². The summed E-state index contributed by atoms with van der Waals surface area (Å²) in [6, 6.07) is 0. The van der Waals surface area contributed by atoms with Crippen LogP contribution in [0.25, 0.3) is 11.2 Å². The SMILES string of the molecule is CC(C)Cn1c(=O)n(C)c(=O)c2[nH]c(=S)[nH]c21. The highest BCUT2D eigenvalue weighted by Crippen LogP contribution is 2.05. The highest BCUT2D eigenvalue weighted by molar-refractivity contribution is 7.71. The van der Waals surface area contributed by atoms with Crippen molar-refractivity contribution in [3.8, 4) is 0 Å². The lowest BCUT2D eigenvalue weighted by Crippen LogP contribution is -2.38. The zero-order valence-corrected chi connectivity index (χ0v) is 10.7. The van der Waals surface area contributed by atoms with Crippen LogP contribution in [0.1, 0.15) is 13.8 Å². The van der Waals surface area contributed by atoms with Crippen molar-refractivity contribution in [1.29, 1.82) is 0 Å². The molecule has 0 bridgehead atoms. The number of aromatic amines is 2. The largest absolute Gasteiger partial charge is 0.332 e. The Morgan fingerprint density at radius 1 is 1.29 bits per heavy atom. The van der Waals surface area contributed by atoms with Crippen molar-refractivity contribution in [2.75, 3.05) is 0 Å². The number of fused-ring (bicyclic) bond motifs is 1. The topological polar surface area (TPSA) is 75.6 Å². The standard InChI is InChI=1S/C10H14N4O2S/c1-5(2)4-14-7-6(11-9(17)12-7)8(15)13(3)10(14)16/h5H,4H2,1-3H3,(H2,11,12,17). The lowest BCUT2D eigenvalue weighted by Gasteiger charge is -2.10. The van der Waals surface area contributed by atoms with E-state index in [0.717, 1.165) is 4.57 Å². The fourth-order valence-corrected chi connectivity index (χ4v) is 2.00. The molecule has 0 aliphatic carbocycles. The number of nitrogens with one attached hydrogen (secondary N) is 2. The Balaban J connectivity index is 2.95. The molecular weight excluding hydrogens is 240 g/mol. The van der Waals surface area contributed by atoms with E-state index in [9.17, 15) is 9.59 Å².